The molecule has 0 radical (unpaired) electrons. The monoisotopic (exact) mass is 381 g/mol. The molecule has 1 amide bonds. The maximum absolute atomic E-state index is 13.1. The van der Waals surface area contributed by atoms with Gasteiger partial charge in [-0.3, -0.25) is 4.79 Å². The van der Waals surface area contributed by atoms with Gasteiger partial charge in [-0.25, -0.2) is 4.39 Å². The predicted octanol–water partition coefficient (Wildman–Crippen LogP) is 4.04. The Morgan fingerprint density at radius 2 is 1.57 bits per heavy atom. The van der Waals surface area contributed by atoms with E-state index in [1.807, 2.05) is 31.2 Å². The minimum atomic E-state index is -0.626. The van der Waals surface area contributed by atoms with Crippen molar-refractivity contribution in [2.45, 2.75) is 45.7 Å². The molecule has 3 aromatic rings. The maximum Gasteiger partial charge on any atom is 0.246 e. The first-order valence-electron chi connectivity index (χ1n) is 9.31. The van der Waals surface area contributed by atoms with Crippen LogP contribution in [0.15, 0.2) is 48.5 Å². The van der Waals surface area contributed by atoms with Gasteiger partial charge in [-0.2, -0.15) is 4.80 Å². The van der Waals surface area contributed by atoms with Crippen molar-refractivity contribution in [3.05, 3.63) is 65.5 Å². The van der Waals surface area contributed by atoms with E-state index in [2.05, 4.69) is 34.6 Å². The van der Waals surface area contributed by atoms with Gasteiger partial charge >= 0.3 is 0 Å². The molecular weight excluding hydrogens is 357 g/mol. The van der Waals surface area contributed by atoms with Crippen molar-refractivity contribution < 1.29 is 9.18 Å². The predicted molar refractivity (Wildman–Crippen MR) is 105 cm³/mol. The third-order valence-corrected chi connectivity index (χ3v) is 4.72. The van der Waals surface area contributed by atoms with Gasteiger partial charge in [0.25, 0.3) is 0 Å². The molecule has 146 valence electrons. The fourth-order valence-electron chi connectivity index (χ4n) is 2.80. The summed E-state index contributed by atoms with van der Waals surface area (Å²) in [5, 5.41) is 15.3. The summed E-state index contributed by atoms with van der Waals surface area (Å²) in [5.41, 5.74) is 2.90. The number of rotatable bonds is 6. The molecule has 0 aliphatic carbocycles. The van der Waals surface area contributed by atoms with Gasteiger partial charge in [0.1, 0.15) is 11.9 Å². The molecule has 0 spiro atoms. The van der Waals surface area contributed by atoms with Gasteiger partial charge in [0, 0.05) is 5.56 Å². The van der Waals surface area contributed by atoms with Gasteiger partial charge in [0.15, 0.2) is 0 Å². The van der Waals surface area contributed by atoms with E-state index in [1.54, 1.807) is 19.1 Å². The zero-order valence-electron chi connectivity index (χ0n) is 16.4. The molecular formula is C21H24FN5O. The molecule has 0 aliphatic heterocycles. The zero-order chi connectivity index (χ0) is 20.3. The van der Waals surface area contributed by atoms with Crippen LogP contribution in [-0.2, 0) is 4.79 Å². The van der Waals surface area contributed by atoms with Crippen LogP contribution in [0, 0.1) is 5.82 Å². The van der Waals surface area contributed by atoms with E-state index in [-0.39, 0.29) is 17.8 Å². The van der Waals surface area contributed by atoms with E-state index >= 15 is 0 Å². The molecule has 28 heavy (non-hydrogen) atoms. The maximum atomic E-state index is 13.1. The Bertz CT molecular complexity index is 934. The summed E-state index contributed by atoms with van der Waals surface area (Å²) in [6.07, 6.45) is 0. The van der Waals surface area contributed by atoms with Crippen molar-refractivity contribution in [2.24, 2.45) is 0 Å². The number of aromatic nitrogens is 4. The zero-order valence-corrected chi connectivity index (χ0v) is 16.4. The molecule has 1 aromatic heterocycles. The molecule has 2 unspecified atom stereocenters. The Labute approximate surface area is 163 Å². The number of hydrogen-bond donors (Lipinski definition) is 1. The average molecular weight is 381 g/mol. The number of nitrogens with zero attached hydrogens (tertiary/aromatic N) is 4. The van der Waals surface area contributed by atoms with Crippen LogP contribution in [0.25, 0.3) is 11.4 Å². The minimum absolute atomic E-state index is 0.240. The smallest absolute Gasteiger partial charge is 0.246 e. The van der Waals surface area contributed by atoms with E-state index < -0.39 is 6.04 Å². The largest absolute Gasteiger partial charge is 0.348 e. The first-order valence-corrected chi connectivity index (χ1v) is 9.31. The number of tetrazole rings is 1. The van der Waals surface area contributed by atoms with Crippen molar-refractivity contribution in [3.8, 4) is 11.4 Å². The highest BCUT2D eigenvalue weighted by Crippen LogP contribution is 2.20. The van der Waals surface area contributed by atoms with E-state index in [1.165, 1.54) is 22.5 Å². The first-order chi connectivity index (χ1) is 13.3. The molecule has 3 rings (SSSR count). The molecule has 2 atom stereocenters. The second-order valence-electron chi connectivity index (χ2n) is 7.17. The molecule has 0 bridgehead atoms. The average Bonchev–Trinajstić information content (AvgIpc) is 3.18. The Balaban J connectivity index is 1.68. The highest BCUT2D eigenvalue weighted by atomic mass is 19.1. The summed E-state index contributed by atoms with van der Waals surface area (Å²) < 4.78 is 13.1. The van der Waals surface area contributed by atoms with Crippen molar-refractivity contribution in [1.29, 1.82) is 0 Å². The quantitative estimate of drug-likeness (QED) is 0.699. The lowest BCUT2D eigenvalue weighted by atomic mass is 10.0. The molecule has 0 saturated carbocycles. The number of carbonyl (C=O) groups excluding carboxylic acids is 1. The Morgan fingerprint density at radius 1 is 0.964 bits per heavy atom. The van der Waals surface area contributed by atoms with E-state index in [4.69, 9.17) is 0 Å². The van der Waals surface area contributed by atoms with Crippen molar-refractivity contribution >= 4 is 5.91 Å². The Hall–Kier alpha value is -3.09. The number of benzene rings is 2. The van der Waals surface area contributed by atoms with Gasteiger partial charge in [0.2, 0.25) is 11.7 Å². The van der Waals surface area contributed by atoms with Crippen LogP contribution in [0.4, 0.5) is 4.39 Å². The highest BCUT2D eigenvalue weighted by Gasteiger charge is 2.21. The molecule has 0 saturated heterocycles. The SMILES string of the molecule is CC(C)c1ccc(-c2nnn(C(C)C(=O)NC(C)c3ccc(F)cc3)n2)cc1. The lowest BCUT2D eigenvalue weighted by Crippen LogP contribution is -2.34. The van der Waals surface area contributed by atoms with Gasteiger partial charge in [-0.05, 0) is 48.2 Å². The summed E-state index contributed by atoms with van der Waals surface area (Å²) in [7, 11) is 0. The van der Waals surface area contributed by atoms with Crippen LogP contribution in [0.5, 0.6) is 0 Å². The molecule has 1 heterocycles. The molecule has 0 aliphatic rings. The number of hydrogen-bond acceptors (Lipinski definition) is 4. The van der Waals surface area contributed by atoms with Crippen LogP contribution in [0.1, 0.15) is 56.8 Å². The standard InChI is InChI=1S/C21H24FN5O/c1-13(2)16-5-7-18(8-6-16)20-24-26-27(25-20)15(4)21(28)23-14(3)17-9-11-19(22)12-10-17/h5-15H,1-4H3,(H,23,28). The van der Waals surface area contributed by atoms with Gasteiger partial charge in [-0.1, -0.05) is 50.2 Å². The summed E-state index contributed by atoms with van der Waals surface area (Å²) in [4.78, 5) is 13.8. The second-order valence-corrected chi connectivity index (χ2v) is 7.17. The lowest BCUT2D eigenvalue weighted by molar-refractivity contribution is -0.125. The summed E-state index contributed by atoms with van der Waals surface area (Å²) in [5.74, 6) is 0.374. The number of halogens is 1. The third-order valence-electron chi connectivity index (χ3n) is 4.72. The molecule has 2 aromatic carbocycles. The first kappa shape index (κ1) is 19.7. The molecule has 0 fully saturated rings. The topological polar surface area (TPSA) is 72.7 Å². The number of carbonyl (C=O) groups is 1. The van der Waals surface area contributed by atoms with Crippen LogP contribution in [0.2, 0.25) is 0 Å². The second kappa shape index (κ2) is 8.29. The fraction of sp³-hybridized carbons (Fsp3) is 0.333. The fourth-order valence-corrected chi connectivity index (χ4v) is 2.80. The summed E-state index contributed by atoms with van der Waals surface area (Å²) >= 11 is 0. The third kappa shape index (κ3) is 4.42. The van der Waals surface area contributed by atoms with Gasteiger partial charge in [0.05, 0.1) is 6.04 Å². The summed E-state index contributed by atoms with van der Waals surface area (Å²) in [6, 6.07) is 13.2. The van der Waals surface area contributed by atoms with Gasteiger partial charge in [-0.15, -0.1) is 10.2 Å². The number of amides is 1. The van der Waals surface area contributed by atoms with E-state index in [9.17, 15) is 9.18 Å². The van der Waals surface area contributed by atoms with Crippen LogP contribution < -0.4 is 5.32 Å². The Morgan fingerprint density at radius 3 is 2.18 bits per heavy atom. The normalized spacial score (nSPS) is 13.4. The van der Waals surface area contributed by atoms with Crippen LogP contribution >= 0.6 is 0 Å². The lowest BCUT2D eigenvalue weighted by Gasteiger charge is -2.17. The van der Waals surface area contributed by atoms with Gasteiger partial charge < -0.3 is 5.32 Å². The molecule has 6 nitrogen and oxygen atoms in total. The van der Waals surface area contributed by atoms with E-state index in [0.29, 0.717) is 11.7 Å². The van der Waals surface area contributed by atoms with Crippen molar-refractivity contribution in [1.82, 2.24) is 25.5 Å². The minimum Gasteiger partial charge on any atom is -0.348 e. The molecule has 1 N–H and O–H groups in total. The van der Waals surface area contributed by atoms with E-state index in [0.717, 1.165) is 11.1 Å². The Kier molecular flexibility index (Phi) is 5.82. The van der Waals surface area contributed by atoms with Crippen LogP contribution in [0.3, 0.4) is 0 Å². The van der Waals surface area contributed by atoms with Crippen LogP contribution in [-0.4, -0.2) is 26.1 Å². The number of nitrogens with one attached hydrogen (secondary N) is 1. The van der Waals surface area contributed by atoms with Crippen molar-refractivity contribution in [3.63, 3.8) is 0 Å². The molecule has 7 heteroatoms. The highest BCUT2D eigenvalue weighted by molar-refractivity contribution is 5.80. The van der Waals surface area contributed by atoms with Crippen molar-refractivity contribution in [2.75, 3.05) is 0 Å². The summed E-state index contributed by atoms with van der Waals surface area (Å²) in [6.45, 7) is 7.82.